The lowest BCUT2D eigenvalue weighted by molar-refractivity contribution is -0.153. The third-order valence-electron chi connectivity index (χ3n) is 4.40. The number of hydrogen-bond acceptors (Lipinski definition) is 6. The van der Waals surface area contributed by atoms with Gasteiger partial charge in [0.25, 0.3) is 5.56 Å². The van der Waals surface area contributed by atoms with Crippen molar-refractivity contribution in [2.45, 2.75) is 19.6 Å². The number of esters is 1. The minimum Gasteiger partial charge on any atom is -0.475 e. The smallest absolute Gasteiger partial charge is 0.349 e. The minimum absolute atomic E-state index is 0.0145. The first kappa shape index (κ1) is 18.4. The number of anilines is 1. The molecule has 0 saturated carbocycles. The highest BCUT2D eigenvalue weighted by Gasteiger charge is 2.33. The highest BCUT2D eigenvalue weighted by molar-refractivity contribution is 5.95. The Morgan fingerprint density at radius 2 is 1.89 bits per heavy atom. The first-order valence-corrected chi connectivity index (χ1v) is 8.26. The van der Waals surface area contributed by atoms with Gasteiger partial charge in [-0.3, -0.25) is 18.7 Å². The summed E-state index contributed by atoms with van der Waals surface area (Å²) in [7, 11) is 2.85. The molecule has 0 saturated heterocycles. The molecule has 0 radical (unpaired) electrons. The number of carbonyl (C=O) groups is 2. The summed E-state index contributed by atoms with van der Waals surface area (Å²) in [6, 6.07) is 8.13. The average molecular weight is 373 g/mol. The first-order valence-electron chi connectivity index (χ1n) is 8.26. The van der Waals surface area contributed by atoms with Crippen LogP contribution in [-0.4, -0.2) is 33.7 Å². The number of ether oxygens (including phenoxy) is 2. The molecule has 3 rings (SSSR count). The molecule has 1 aromatic heterocycles. The number of carbonyl (C=O) groups excluding carboxylic acids is 2. The van der Waals surface area contributed by atoms with Crippen molar-refractivity contribution in [2.24, 2.45) is 14.1 Å². The van der Waals surface area contributed by atoms with E-state index in [2.05, 4.69) is 0 Å². The molecular formula is C18H19N3O6. The summed E-state index contributed by atoms with van der Waals surface area (Å²) in [6.07, 6.45) is -1.01. The molecule has 0 spiro atoms. The maximum Gasteiger partial charge on any atom is 0.349 e. The molecule has 2 heterocycles. The highest BCUT2D eigenvalue weighted by Crippen LogP contribution is 2.33. The van der Waals surface area contributed by atoms with Crippen LogP contribution < -0.4 is 20.9 Å². The zero-order valence-electron chi connectivity index (χ0n) is 15.2. The van der Waals surface area contributed by atoms with Gasteiger partial charge in [-0.15, -0.1) is 0 Å². The number of aromatic nitrogens is 2. The van der Waals surface area contributed by atoms with Gasteiger partial charge in [-0.05, 0) is 12.1 Å². The van der Waals surface area contributed by atoms with E-state index < -0.39 is 23.3 Å². The molecule has 1 atom stereocenters. The molecule has 1 aliphatic heterocycles. The Morgan fingerprint density at radius 1 is 1.19 bits per heavy atom. The number of benzene rings is 1. The van der Waals surface area contributed by atoms with Gasteiger partial charge in [-0.25, -0.2) is 9.59 Å². The van der Waals surface area contributed by atoms with Crippen LogP contribution in [0.1, 0.15) is 12.6 Å². The predicted octanol–water partition coefficient (Wildman–Crippen LogP) is -0.0587. The Kier molecular flexibility index (Phi) is 4.85. The van der Waals surface area contributed by atoms with Crippen molar-refractivity contribution in [1.82, 2.24) is 9.13 Å². The zero-order chi connectivity index (χ0) is 19.7. The second kappa shape index (κ2) is 7.10. The Hall–Kier alpha value is -3.36. The van der Waals surface area contributed by atoms with E-state index in [0.29, 0.717) is 11.4 Å². The molecule has 2 aromatic rings. The minimum atomic E-state index is -1.01. The Bertz CT molecular complexity index is 1020. The fourth-order valence-electron chi connectivity index (χ4n) is 2.81. The largest absolute Gasteiger partial charge is 0.475 e. The van der Waals surface area contributed by atoms with E-state index in [0.717, 1.165) is 4.57 Å². The standard InChI is InChI=1S/C18H19N3O6/c1-11(22)21-9-15(27-14-7-5-4-6-13(14)21)17(24)26-10-12-8-16(23)20(3)18(25)19(12)2/h4-8,15H,9-10H2,1-3H3/t15-/m0/s1. The van der Waals surface area contributed by atoms with Crippen LogP contribution >= 0.6 is 0 Å². The molecule has 0 aliphatic carbocycles. The topological polar surface area (TPSA) is 99.8 Å². The Balaban J connectivity index is 1.77. The van der Waals surface area contributed by atoms with Crippen LogP contribution in [0.3, 0.4) is 0 Å². The summed E-state index contributed by atoms with van der Waals surface area (Å²) in [4.78, 5) is 49.5. The molecule has 9 nitrogen and oxygen atoms in total. The van der Waals surface area contributed by atoms with Gasteiger partial charge in [-0.1, -0.05) is 12.1 Å². The molecular weight excluding hydrogens is 354 g/mol. The summed E-state index contributed by atoms with van der Waals surface area (Å²) < 4.78 is 13.1. The van der Waals surface area contributed by atoms with Gasteiger partial charge in [0, 0.05) is 27.1 Å². The van der Waals surface area contributed by atoms with Gasteiger partial charge in [-0.2, -0.15) is 0 Å². The normalized spacial score (nSPS) is 15.7. The van der Waals surface area contributed by atoms with Crippen LogP contribution in [0.5, 0.6) is 5.75 Å². The molecule has 27 heavy (non-hydrogen) atoms. The molecule has 142 valence electrons. The molecule has 0 bridgehead atoms. The number of fused-ring (bicyclic) bond motifs is 1. The predicted molar refractivity (Wildman–Crippen MR) is 95.6 cm³/mol. The maximum atomic E-state index is 12.4. The number of para-hydroxylation sites is 2. The van der Waals surface area contributed by atoms with E-state index in [-0.39, 0.29) is 24.8 Å². The highest BCUT2D eigenvalue weighted by atomic mass is 16.6. The second-order valence-corrected chi connectivity index (χ2v) is 6.19. The van der Waals surface area contributed by atoms with Crippen LogP contribution in [0.4, 0.5) is 5.69 Å². The van der Waals surface area contributed by atoms with Crippen LogP contribution in [0, 0.1) is 0 Å². The van der Waals surface area contributed by atoms with E-state index in [1.807, 2.05) is 0 Å². The molecule has 1 aromatic carbocycles. The van der Waals surface area contributed by atoms with Crippen molar-refractivity contribution in [3.63, 3.8) is 0 Å². The SMILES string of the molecule is CC(=O)N1C[C@@H](C(=O)OCc2cc(=O)n(C)c(=O)n2C)Oc2ccccc21. The van der Waals surface area contributed by atoms with E-state index in [1.54, 1.807) is 24.3 Å². The monoisotopic (exact) mass is 373 g/mol. The Labute approximate surface area is 154 Å². The van der Waals surface area contributed by atoms with Gasteiger partial charge in [0.15, 0.2) is 0 Å². The van der Waals surface area contributed by atoms with Gasteiger partial charge >= 0.3 is 11.7 Å². The van der Waals surface area contributed by atoms with Crippen molar-refractivity contribution < 1.29 is 19.1 Å². The lowest BCUT2D eigenvalue weighted by Gasteiger charge is -2.33. The second-order valence-electron chi connectivity index (χ2n) is 6.19. The maximum absolute atomic E-state index is 12.4. The van der Waals surface area contributed by atoms with Crippen molar-refractivity contribution in [3.05, 3.63) is 56.9 Å². The molecule has 1 aliphatic rings. The molecule has 1 amide bonds. The third-order valence-corrected chi connectivity index (χ3v) is 4.40. The Morgan fingerprint density at radius 3 is 2.59 bits per heavy atom. The number of rotatable bonds is 3. The van der Waals surface area contributed by atoms with Crippen molar-refractivity contribution >= 4 is 17.6 Å². The summed E-state index contributed by atoms with van der Waals surface area (Å²) in [6.45, 7) is 1.16. The van der Waals surface area contributed by atoms with Crippen LogP contribution in [0.2, 0.25) is 0 Å². The van der Waals surface area contributed by atoms with Crippen molar-refractivity contribution in [1.29, 1.82) is 0 Å². The number of hydrogen-bond donors (Lipinski definition) is 0. The van der Waals surface area contributed by atoms with E-state index in [1.165, 1.54) is 36.6 Å². The van der Waals surface area contributed by atoms with Gasteiger partial charge in [0.1, 0.15) is 12.4 Å². The van der Waals surface area contributed by atoms with Crippen LogP contribution in [0.25, 0.3) is 0 Å². The van der Waals surface area contributed by atoms with Crippen molar-refractivity contribution in [2.75, 3.05) is 11.4 Å². The average Bonchev–Trinajstić information content (AvgIpc) is 2.66. The van der Waals surface area contributed by atoms with Crippen LogP contribution in [0.15, 0.2) is 39.9 Å². The van der Waals surface area contributed by atoms with E-state index in [9.17, 15) is 19.2 Å². The van der Waals surface area contributed by atoms with Crippen molar-refractivity contribution in [3.8, 4) is 5.75 Å². The van der Waals surface area contributed by atoms with Gasteiger partial charge in [0.05, 0.1) is 17.9 Å². The number of nitrogens with zero attached hydrogens (tertiary/aromatic N) is 3. The summed E-state index contributed by atoms with van der Waals surface area (Å²) >= 11 is 0. The van der Waals surface area contributed by atoms with E-state index >= 15 is 0 Å². The summed E-state index contributed by atoms with van der Waals surface area (Å²) in [5.41, 5.74) is -0.159. The molecule has 0 unspecified atom stereocenters. The van der Waals surface area contributed by atoms with E-state index in [4.69, 9.17) is 9.47 Å². The third kappa shape index (κ3) is 3.48. The molecule has 0 fully saturated rings. The molecule has 9 heteroatoms. The lowest BCUT2D eigenvalue weighted by Crippen LogP contribution is -2.47. The lowest BCUT2D eigenvalue weighted by atomic mass is 10.2. The fraction of sp³-hybridized carbons (Fsp3) is 0.333. The van der Waals surface area contributed by atoms with Gasteiger partial charge < -0.3 is 14.4 Å². The van der Waals surface area contributed by atoms with Gasteiger partial charge in [0.2, 0.25) is 12.0 Å². The zero-order valence-corrected chi connectivity index (χ0v) is 15.2. The molecule has 0 N–H and O–H groups in total. The summed E-state index contributed by atoms with van der Waals surface area (Å²) in [5, 5.41) is 0. The first-order chi connectivity index (χ1) is 12.8. The fourth-order valence-corrected chi connectivity index (χ4v) is 2.81. The summed E-state index contributed by atoms with van der Waals surface area (Å²) in [5.74, 6) is -0.511. The number of amides is 1. The van der Waals surface area contributed by atoms with Crippen LogP contribution in [-0.2, 0) is 35.0 Å². The quantitative estimate of drug-likeness (QED) is 0.699.